The Hall–Kier alpha value is -1.92. The first-order valence-corrected chi connectivity index (χ1v) is 10.4. The predicted octanol–water partition coefficient (Wildman–Crippen LogP) is 3.92. The number of nitrogens with two attached hydrogens (primary N) is 1. The molecule has 4 rings (SSSR count). The molecule has 2 N–H and O–H groups in total. The van der Waals surface area contributed by atoms with Gasteiger partial charge < -0.3 is 15.5 Å². The van der Waals surface area contributed by atoms with E-state index < -0.39 is 0 Å². The van der Waals surface area contributed by atoms with Gasteiger partial charge in [0.2, 0.25) is 0 Å². The lowest BCUT2D eigenvalue weighted by Gasteiger charge is -2.35. The second-order valence-electron chi connectivity index (χ2n) is 6.29. The van der Waals surface area contributed by atoms with Crippen molar-refractivity contribution in [1.29, 1.82) is 0 Å². The van der Waals surface area contributed by atoms with Gasteiger partial charge in [0.1, 0.15) is 5.84 Å². The summed E-state index contributed by atoms with van der Waals surface area (Å²) in [7, 11) is 0. The molecular weight excluding hydrogens is 348 g/mol. The number of amidine groups is 1. The molecule has 2 aliphatic heterocycles. The minimum Gasteiger partial charge on any atom is -0.383 e. The average molecular weight is 371 g/mol. The molecule has 1 fully saturated rings. The Bertz CT molecular complexity index is 785. The Morgan fingerprint density at radius 3 is 3.00 bits per heavy atom. The van der Waals surface area contributed by atoms with Crippen molar-refractivity contribution in [2.24, 2.45) is 10.7 Å². The van der Waals surface area contributed by atoms with Crippen molar-refractivity contribution in [1.82, 2.24) is 4.90 Å². The molecule has 6 heteroatoms. The second-order valence-corrected chi connectivity index (χ2v) is 8.37. The fraction of sp³-hybridized carbons (Fsp3) is 0.316. The van der Waals surface area contributed by atoms with Crippen LogP contribution >= 0.6 is 23.1 Å². The van der Waals surface area contributed by atoms with Crippen LogP contribution in [0.5, 0.6) is 0 Å². The van der Waals surface area contributed by atoms with Crippen LogP contribution in [0.2, 0.25) is 0 Å². The first-order chi connectivity index (χ1) is 12.2. The number of benzene rings is 1. The highest BCUT2D eigenvalue weighted by Crippen LogP contribution is 2.39. The number of hydrogen-bond donors (Lipinski definition) is 1. The number of anilines is 1. The number of thiophene rings is 1. The van der Waals surface area contributed by atoms with Crippen molar-refractivity contribution < 1.29 is 0 Å². The summed E-state index contributed by atoms with van der Waals surface area (Å²) in [6.45, 7) is 7.18. The number of thioether (sulfide) groups is 1. The fourth-order valence-corrected chi connectivity index (χ4v) is 5.16. The normalized spacial score (nSPS) is 20.6. The van der Waals surface area contributed by atoms with Gasteiger partial charge in [0.15, 0.2) is 0 Å². The van der Waals surface area contributed by atoms with Crippen LogP contribution in [-0.4, -0.2) is 42.2 Å². The van der Waals surface area contributed by atoms with Crippen molar-refractivity contribution in [2.75, 3.05) is 30.3 Å². The Morgan fingerprint density at radius 2 is 2.24 bits per heavy atom. The molecule has 0 spiro atoms. The zero-order valence-corrected chi connectivity index (χ0v) is 15.7. The third-order valence-corrected chi connectivity index (χ3v) is 6.68. The molecule has 0 amide bonds. The first kappa shape index (κ1) is 16.5. The van der Waals surface area contributed by atoms with Crippen molar-refractivity contribution >= 4 is 40.3 Å². The highest BCUT2D eigenvalue weighted by atomic mass is 32.2. The van der Waals surface area contributed by atoms with Crippen molar-refractivity contribution in [2.45, 2.75) is 17.4 Å². The van der Waals surface area contributed by atoms with Gasteiger partial charge in [-0.05, 0) is 42.3 Å². The number of fused-ring (bicyclic) bond motifs is 1. The van der Waals surface area contributed by atoms with Crippen LogP contribution in [0.3, 0.4) is 0 Å². The van der Waals surface area contributed by atoms with E-state index >= 15 is 0 Å². The molecule has 4 nitrogen and oxygen atoms in total. The third-order valence-electron chi connectivity index (χ3n) is 4.76. The van der Waals surface area contributed by atoms with Gasteiger partial charge in [-0.15, -0.1) is 23.1 Å². The lowest BCUT2D eigenvalue weighted by molar-refractivity contribution is 0.456. The number of likely N-dealkylation sites (tertiary alicyclic amines) is 1. The molecule has 2 aliphatic rings. The minimum atomic E-state index is 0.572. The maximum absolute atomic E-state index is 6.13. The first-order valence-electron chi connectivity index (χ1n) is 8.53. The maximum atomic E-state index is 6.13. The molecule has 1 aromatic heterocycles. The number of nitrogens with zero attached hydrogens (tertiary/aromatic N) is 3. The Morgan fingerprint density at radius 1 is 1.32 bits per heavy atom. The summed E-state index contributed by atoms with van der Waals surface area (Å²) >= 11 is 3.53. The molecule has 3 heterocycles. The fourth-order valence-electron chi connectivity index (χ4n) is 3.49. The molecule has 25 heavy (non-hydrogen) atoms. The van der Waals surface area contributed by atoms with E-state index in [0.717, 1.165) is 36.0 Å². The van der Waals surface area contributed by atoms with Crippen molar-refractivity contribution in [3.8, 4) is 0 Å². The van der Waals surface area contributed by atoms with Gasteiger partial charge in [0.25, 0.3) is 0 Å². The van der Waals surface area contributed by atoms with Gasteiger partial charge in [0.05, 0.1) is 16.3 Å². The maximum Gasteiger partial charge on any atom is 0.141 e. The van der Waals surface area contributed by atoms with E-state index in [-0.39, 0.29) is 0 Å². The van der Waals surface area contributed by atoms with Gasteiger partial charge in [-0.3, -0.25) is 0 Å². The molecule has 1 saturated heterocycles. The highest BCUT2D eigenvalue weighted by Gasteiger charge is 2.29. The summed E-state index contributed by atoms with van der Waals surface area (Å²) in [6, 6.07) is 11.0. The summed E-state index contributed by atoms with van der Waals surface area (Å²) < 4.78 is 0. The van der Waals surface area contributed by atoms with Crippen LogP contribution in [0.1, 0.15) is 11.3 Å². The smallest absolute Gasteiger partial charge is 0.141 e. The van der Waals surface area contributed by atoms with E-state index in [4.69, 9.17) is 5.73 Å². The number of hydrogen-bond acceptors (Lipinski definition) is 5. The van der Waals surface area contributed by atoms with Gasteiger partial charge in [0, 0.05) is 36.3 Å². The van der Waals surface area contributed by atoms with Gasteiger partial charge in [-0.25, -0.2) is 4.99 Å². The molecule has 0 saturated carbocycles. The van der Waals surface area contributed by atoms with Gasteiger partial charge in [-0.1, -0.05) is 12.6 Å². The SMILES string of the molecule is C=CN1CCC(N2CCSc3cc(N=C(N)c4cccs4)ccc32)C1. The van der Waals surface area contributed by atoms with E-state index in [9.17, 15) is 0 Å². The quantitative estimate of drug-likeness (QED) is 0.655. The molecule has 2 aromatic rings. The summed E-state index contributed by atoms with van der Waals surface area (Å²) in [5.74, 6) is 1.70. The average Bonchev–Trinajstić information content (AvgIpc) is 3.32. The van der Waals surface area contributed by atoms with E-state index in [0.29, 0.717) is 11.9 Å². The van der Waals surface area contributed by atoms with Crippen LogP contribution < -0.4 is 10.6 Å². The van der Waals surface area contributed by atoms with Crippen LogP contribution in [0.25, 0.3) is 0 Å². The van der Waals surface area contributed by atoms with Crippen LogP contribution in [-0.2, 0) is 0 Å². The monoisotopic (exact) mass is 370 g/mol. The van der Waals surface area contributed by atoms with Gasteiger partial charge in [-0.2, -0.15) is 0 Å². The highest BCUT2D eigenvalue weighted by molar-refractivity contribution is 7.99. The zero-order valence-electron chi connectivity index (χ0n) is 14.1. The Balaban J connectivity index is 1.58. The van der Waals surface area contributed by atoms with E-state index in [1.54, 1.807) is 11.3 Å². The lowest BCUT2D eigenvalue weighted by Crippen LogP contribution is -2.40. The Labute approximate surface area is 157 Å². The molecule has 0 bridgehead atoms. The van der Waals surface area contributed by atoms with E-state index in [1.165, 1.54) is 17.0 Å². The molecule has 1 unspecified atom stereocenters. The molecule has 0 aliphatic carbocycles. The minimum absolute atomic E-state index is 0.572. The topological polar surface area (TPSA) is 44.9 Å². The number of aliphatic imine (C=N–C) groups is 1. The van der Waals surface area contributed by atoms with Crippen LogP contribution in [0, 0.1) is 0 Å². The van der Waals surface area contributed by atoms with Gasteiger partial charge >= 0.3 is 0 Å². The van der Waals surface area contributed by atoms with Crippen molar-refractivity contribution in [3.63, 3.8) is 0 Å². The zero-order chi connectivity index (χ0) is 17.2. The molecule has 1 aromatic carbocycles. The largest absolute Gasteiger partial charge is 0.383 e. The summed E-state index contributed by atoms with van der Waals surface area (Å²) in [5.41, 5.74) is 8.40. The lowest BCUT2D eigenvalue weighted by atomic mass is 10.1. The van der Waals surface area contributed by atoms with E-state index in [2.05, 4.69) is 39.6 Å². The summed E-state index contributed by atoms with van der Waals surface area (Å²) in [4.78, 5) is 11.8. The van der Waals surface area contributed by atoms with E-state index in [1.807, 2.05) is 35.5 Å². The van der Waals surface area contributed by atoms with Crippen LogP contribution in [0.4, 0.5) is 11.4 Å². The predicted molar refractivity (Wildman–Crippen MR) is 109 cm³/mol. The summed E-state index contributed by atoms with van der Waals surface area (Å²) in [6.07, 6.45) is 3.16. The Kier molecular flexibility index (Phi) is 4.72. The third kappa shape index (κ3) is 3.41. The molecule has 130 valence electrons. The van der Waals surface area contributed by atoms with Crippen LogP contribution in [0.15, 0.2) is 58.4 Å². The molecule has 1 atom stereocenters. The van der Waals surface area contributed by atoms with Crippen molar-refractivity contribution in [3.05, 3.63) is 53.4 Å². The molecular formula is C19H22N4S2. The standard InChI is InChI=1S/C19H22N4S2/c1-2-22-8-7-15(13-22)23-9-11-25-18-12-14(5-6-16(18)23)21-19(20)17-4-3-10-24-17/h2-6,10,12,15H,1,7-9,11,13H2,(H2,20,21). The number of rotatable bonds is 4. The summed E-state index contributed by atoms with van der Waals surface area (Å²) in [5, 5.41) is 2.02. The second kappa shape index (κ2) is 7.14. The molecule has 0 radical (unpaired) electrons.